The first-order chi connectivity index (χ1) is 10.9. The predicted molar refractivity (Wildman–Crippen MR) is 94.5 cm³/mol. The highest BCUT2D eigenvalue weighted by Gasteiger charge is 2.20. The van der Waals surface area contributed by atoms with Gasteiger partial charge in [-0.05, 0) is 25.1 Å². The standard InChI is InChI=1S/C15H10Cl3FN2OS/c1-6(13-7(16)2-3-9(19)14(13)18)22-11-5-12-10(4-8(11)17)21-15(20)23-12/h2-6H,1H3,(H2,20,21). The van der Waals surface area contributed by atoms with Crippen molar-refractivity contribution in [3.8, 4) is 5.75 Å². The molecule has 0 aliphatic rings. The summed E-state index contributed by atoms with van der Waals surface area (Å²) < 4.78 is 20.3. The van der Waals surface area contributed by atoms with Gasteiger partial charge in [0.1, 0.15) is 17.7 Å². The van der Waals surface area contributed by atoms with Gasteiger partial charge in [-0.3, -0.25) is 0 Å². The van der Waals surface area contributed by atoms with E-state index in [-0.39, 0.29) is 5.02 Å². The van der Waals surface area contributed by atoms with Crippen LogP contribution >= 0.6 is 46.1 Å². The lowest BCUT2D eigenvalue weighted by molar-refractivity contribution is 0.227. The molecule has 3 rings (SSSR count). The van der Waals surface area contributed by atoms with Crippen LogP contribution in [0.25, 0.3) is 10.2 Å². The monoisotopic (exact) mass is 390 g/mol. The van der Waals surface area contributed by atoms with Crippen LogP contribution in [0, 0.1) is 5.82 Å². The molecule has 0 fully saturated rings. The molecule has 0 saturated heterocycles. The van der Waals surface area contributed by atoms with Gasteiger partial charge < -0.3 is 10.5 Å². The number of benzene rings is 2. The molecule has 0 saturated carbocycles. The zero-order valence-corrected chi connectivity index (χ0v) is 14.8. The van der Waals surface area contributed by atoms with Crippen LogP contribution < -0.4 is 10.5 Å². The Morgan fingerprint density at radius 3 is 2.70 bits per heavy atom. The summed E-state index contributed by atoms with van der Waals surface area (Å²) in [6, 6.07) is 6.05. The Labute approximate surface area is 150 Å². The molecule has 1 aromatic heterocycles. The summed E-state index contributed by atoms with van der Waals surface area (Å²) in [5.74, 6) is -0.134. The van der Waals surface area contributed by atoms with Gasteiger partial charge in [-0.15, -0.1) is 0 Å². The van der Waals surface area contributed by atoms with Gasteiger partial charge in [0.2, 0.25) is 0 Å². The second-order valence-corrected chi connectivity index (χ2v) is 7.07. The Hall–Kier alpha value is -1.27. The summed E-state index contributed by atoms with van der Waals surface area (Å²) in [4.78, 5) is 4.16. The predicted octanol–water partition coefficient (Wildman–Crippen LogP) is 6.12. The van der Waals surface area contributed by atoms with Crippen molar-refractivity contribution < 1.29 is 9.13 Å². The fourth-order valence-corrected chi connectivity index (χ4v) is 3.83. The first-order valence-electron chi connectivity index (χ1n) is 6.52. The number of nitrogen functional groups attached to an aromatic ring is 1. The lowest BCUT2D eigenvalue weighted by atomic mass is 10.1. The summed E-state index contributed by atoms with van der Waals surface area (Å²) >= 11 is 19.6. The maximum absolute atomic E-state index is 13.7. The summed E-state index contributed by atoms with van der Waals surface area (Å²) in [5.41, 5.74) is 6.75. The van der Waals surface area contributed by atoms with Gasteiger partial charge in [0.25, 0.3) is 0 Å². The van der Waals surface area contributed by atoms with Crippen LogP contribution in [0.5, 0.6) is 5.75 Å². The van der Waals surface area contributed by atoms with Crippen molar-refractivity contribution in [3.05, 3.63) is 50.7 Å². The number of thiazole rings is 1. The summed E-state index contributed by atoms with van der Waals surface area (Å²) in [7, 11) is 0. The summed E-state index contributed by atoms with van der Waals surface area (Å²) in [6.45, 7) is 1.72. The molecule has 0 aliphatic heterocycles. The van der Waals surface area contributed by atoms with Gasteiger partial charge in [0.05, 0.1) is 20.3 Å². The average Bonchev–Trinajstić information content (AvgIpc) is 2.83. The van der Waals surface area contributed by atoms with Crippen molar-refractivity contribution in [2.75, 3.05) is 5.73 Å². The molecule has 2 aromatic carbocycles. The molecule has 120 valence electrons. The molecule has 2 N–H and O–H groups in total. The molecule has 0 bridgehead atoms. The van der Waals surface area contributed by atoms with E-state index in [4.69, 9.17) is 45.3 Å². The fourth-order valence-electron chi connectivity index (χ4n) is 2.20. The van der Waals surface area contributed by atoms with Crippen molar-refractivity contribution in [3.63, 3.8) is 0 Å². The third-order valence-corrected chi connectivity index (χ3v) is 5.10. The second-order valence-electron chi connectivity index (χ2n) is 4.82. The molecular formula is C15H10Cl3FN2OS. The van der Waals surface area contributed by atoms with Crippen molar-refractivity contribution in [1.82, 2.24) is 4.98 Å². The number of halogens is 4. The summed E-state index contributed by atoms with van der Waals surface area (Å²) in [6.07, 6.45) is -0.592. The number of nitrogens with two attached hydrogens (primary N) is 1. The lowest BCUT2D eigenvalue weighted by Crippen LogP contribution is -2.06. The molecule has 1 unspecified atom stereocenters. The highest BCUT2D eigenvalue weighted by Crippen LogP contribution is 2.39. The van der Waals surface area contributed by atoms with E-state index < -0.39 is 11.9 Å². The van der Waals surface area contributed by atoms with E-state index in [9.17, 15) is 4.39 Å². The quantitative estimate of drug-likeness (QED) is 0.547. The van der Waals surface area contributed by atoms with Crippen LogP contribution in [-0.2, 0) is 0 Å². The molecule has 1 atom stereocenters. The maximum atomic E-state index is 13.7. The highest BCUT2D eigenvalue weighted by atomic mass is 35.5. The zero-order chi connectivity index (χ0) is 16.7. The molecule has 3 nitrogen and oxygen atoms in total. The molecule has 0 aliphatic carbocycles. The van der Waals surface area contributed by atoms with Crippen molar-refractivity contribution in [2.45, 2.75) is 13.0 Å². The first kappa shape index (κ1) is 16.6. The number of ether oxygens (including phenoxy) is 1. The van der Waals surface area contributed by atoms with E-state index in [2.05, 4.69) is 4.98 Å². The van der Waals surface area contributed by atoms with Crippen LogP contribution in [0.15, 0.2) is 24.3 Å². The van der Waals surface area contributed by atoms with E-state index in [0.29, 0.717) is 32.0 Å². The number of hydrogen-bond acceptors (Lipinski definition) is 4. The number of aromatic nitrogens is 1. The zero-order valence-electron chi connectivity index (χ0n) is 11.7. The van der Waals surface area contributed by atoms with E-state index in [1.54, 1.807) is 19.1 Å². The molecule has 0 radical (unpaired) electrons. The van der Waals surface area contributed by atoms with Gasteiger partial charge in [0.15, 0.2) is 5.13 Å². The Kier molecular flexibility index (Phi) is 4.56. The number of nitrogens with zero attached hydrogens (tertiary/aromatic N) is 1. The van der Waals surface area contributed by atoms with E-state index >= 15 is 0 Å². The number of anilines is 1. The average molecular weight is 392 g/mol. The Morgan fingerprint density at radius 2 is 1.96 bits per heavy atom. The van der Waals surface area contributed by atoms with Gasteiger partial charge in [-0.1, -0.05) is 46.1 Å². The third-order valence-electron chi connectivity index (χ3n) is 3.25. The van der Waals surface area contributed by atoms with E-state index in [1.165, 1.54) is 23.5 Å². The van der Waals surface area contributed by atoms with Gasteiger partial charge in [-0.25, -0.2) is 9.37 Å². The van der Waals surface area contributed by atoms with E-state index in [1.807, 2.05) is 0 Å². The van der Waals surface area contributed by atoms with Gasteiger partial charge >= 0.3 is 0 Å². The second kappa shape index (κ2) is 6.32. The van der Waals surface area contributed by atoms with E-state index in [0.717, 1.165) is 4.70 Å². The largest absolute Gasteiger partial charge is 0.484 e. The minimum atomic E-state index is -0.592. The molecule has 3 aromatic rings. The Bertz CT molecular complexity index is 900. The van der Waals surface area contributed by atoms with Crippen molar-refractivity contribution in [1.29, 1.82) is 0 Å². The maximum Gasteiger partial charge on any atom is 0.181 e. The minimum absolute atomic E-state index is 0.0655. The Morgan fingerprint density at radius 1 is 1.22 bits per heavy atom. The van der Waals surface area contributed by atoms with Crippen LogP contribution in [-0.4, -0.2) is 4.98 Å². The van der Waals surface area contributed by atoms with Crippen LogP contribution in [0.3, 0.4) is 0 Å². The van der Waals surface area contributed by atoms with Crippen LogP contribution in [0.2, 0.25) is 15.1 Å². The highest BCUT2D eigenvalue weighted by molar-refractivity contribution is 7.22. The smallest absolute Gasteiger partial charge is 0.181 e. The Balaban J connectivity index is 1.98. The minimum Gasteiger partial charge on any atom is -0.484 e. The van der Waals surface area contributed by atoms with Crippen molar-refractivity contribution in [2.24, 2.45) is 0 Å². The SMILES string of the molecule is CC(Oc1cc2sc(N)nc2cc1Cl)c1c(Cl)ccc(F)c1Cl. The topological polar surface area (TPSA) is 48.1 Å². The lowest BCUT2D eigenvalue weighted by Gasteiger charge is -2.18. The molecule has 23 heavy (non-hydrogen) atoms. The molecule has 8 heteroatoms. The van der Waals surface area contributed by atoms with Gasteiger partial charge in [-0.2, -0.15) is 0 Å². The van der Waals surface area contributed by atoms with Crippen molar-refractivity contribution >= 4 is 61.5 Å². The first-order valence-corrected chi connectivity index (χ1v) is 8.47. The fraction of sp³-hybridized carbons (Fsp3) is 0.133. The number of rotatable bonds is 3. The number of fused-ring (bicyclic) bond motifs is 1. The molecule has 0 amide bonds. The van der Waals surface area contributed by atoms with Crippen LogP contribution in [0.1, 0.15) is 18.6 Å². The molecule has 1 heterocycles. The number of hydrogen-bond donors (Lipinski definition) is 1. The van der Waals surface area contributed by atoms with Gasteiger partial charge in [0, 0.05) is 16.7 Å². The summed E-state index contributed by atoms with van der Waals surface area (Å²) in [5, 5.41) is 1.07. The normalized spacial score (nSPS) is 12.6. The third kappa shape index (κ3) is 3.19. The van der Waals surface area contributed by atoms with Crippen LogP contribution in [0.4, 0.5) is 9.52 Å². The molecular weight excluding hydrogens is 382 g/mol. The molecule has 0 spiro atoms.